The van der Waals surface area contributed by atoms with Gasteiger partial charge in [0.25, 0.3) is 11.5 Å². The van der Waals surface area contributed by atoms with Gasteiger partial charge in [0.05, 0.1) is 6.10 Å². The first-order valence-corrected chi connectivity index (χ1v) is 9.39. The van der Waals surface area contributed by atoms with Crippen molar-refractivity contribution in [3.8, 4) is 0 Å². The van der Waals surface area contributed by atoms with Gasteiger partial charge in [0.2, 0.25) is 0 Å². The van der Waals surface area contributed by atoms with E-state index in [2.05, 4.69) is 16.9 Å². The summed E-state index contributed by atoms with van der Waals surface area (Å²) in [6.07, 6.45) is 4.61. The number of aryl methyl sites for hydroxylation is 1. The average Bonchev–Trinajstić information content (AvgIpc) is 3.06. The van der Waals surface area contributed by atoms with E-state index in [-0.39, 0.29) is 23.6 Å². The fraction of sp³-hybridized carbons (Fsp3) is 0.722. The monoisotopic (exact) mass is 348 g/mol. The van der Waals surface area contributed by atoms with Crippen molar-refractivity contribution in [1.82, 2.24) is 19.6 Å². The summed E-state index contributed by atoms with van der Waals surface area (Å²) < 4.78 is 1.39. The number of aliphatic hydroxyl groups excluding tert-OH is 1. The third-order valence-corrected chi connectivity index (χ3v) is 5.32. The Labute approximate surface area is 148 Å². The van der Waals surface area contributed by atoms with Crippen molar-refractivity contribution in [2.24, 2.45) is 0 Å². The summed E-state index contributed by atoms with van der Waals surface area (Å²) in [7, 11) is 0. The Morgan fingerprint density at radius 3 is 2.64 bits per heavy atom. The second kappa shape index (κ2) is 8.10. The number of piperazine rings is 1. The average molecular weight is 348 g/mol. The van der Waals surface area contributed by atoms with Crippen LogP contribution in [-0.4, -0.2) is 68.9 Å². The second-order valence-electron chi connectivity index (χ2n) is 7.03. The van der Waals surface area contributed by atoms with Crippen LogP contribution in [-0.2, 0) is 6.54 Å². The highest BCUT2D eigenvalue weighted by atomic mass is 16.3. The molecule has 2 unspecified atom stereocenters. The van der Waals surface area contributed by atoms with Crippen LogP contribution in [0.1, 0.15) is 49.5 Å². The predicted molar refractivity (Wildman–Crippen MR) is 94.5 cm³/mol. The molecule has 3 rings (SSSR count). The lowest BCUT2D eigenvalue weighted by molar-refractivity contribution is 0.0312. The minimum absolute atomic E-state index is 0.114. The predicted octanol–water partition coefficient (Wildman–Crippen LogP) is 0.715. The van der Waals surface area contributed by atoms with Gasteiger partial charge in [0.15, 0.2) is 0 Å². The van der Waals surface area contributed by atoms with Crippen LogP contribution in [0, 0.1) is 0 Å². The Hall–Kier alpha value is -1.73. The summed E-state index contributed by atoms with van der Waals surface area (Å²) in [6, 6.07) is 3.20. The Morgan fingerprint density at radius 1 is 1.24 bits per heavy atom. The topological polar surface area (TPSA) is 78.7 Å². The van der Waals surface area contributed by atoms with E-state index in [1.165, 1.54) is 16.8 Å². The Kier molecular flexibility index (Phi) is 5.86. The van der Waals surface area contributed by atoms with Crippen LogP contribution in [0.15, 0.2) is 16.9 Å². The fourth-order valence-corrected chi connectivity index (χ4v) is 3.80. The van der Waals surface area contributed by atoms with Crippen molar-refractivity contribution in [3.05, 3.63) is 28.2 Å². The van der Waals surface area contributed by atoms with Gasteiger partial charge in [-0.25, -0.2) is 4.68 Å². The van der Waals surface area contributed by atoms with Crippen LogP contribution in [0.5, 0.6) is 0 Å². The molecule has 0 aromatic carbocycles. The van der Waals surface area contributed by atoms with Gasteiger partial charge in [-0.05, 0) is 31.7 Å². The van der Waals surface area contributed by atoms with E-state index in [0.717, 1.165) is 45.2 Å². The van der Waals surface area contributed by atoms with Gasteiger partial charge < -0.3 is 10.0 Å². The highest BCUT2D eigenvalue weighted by Crippen LogP contribution is 2.25. The molecule has 0 bridgehead atoms. The van der Waals surface area contributed by atoms with E-state index >= 15 is 0 Å². The lowest BCUT2D eigenvalue weighted by Crippen LogP contribution is -2.53. The fourth-order valence-electron chi connectivity index (χ4n) is 3.80. The number of amides is 1. The minimum atomic E-state index is -0.231. The molecule has 2 atom stereocenters. The van der Waals surface area contributed by atoms with Gasteiger partial charge in [0.1, 0.15) is 5.69 Å². The van der Waals surface area contributed by atoms with Gasteiger partial charge in [-0.1, -0.05) is 13.3 Å². The van der Waals surface area contributed by atoms with Crippen molar-refractivity contribution in [1.29, 1.82) is 0 Å². The SMILES string of the molecule is CCCCn1nc(C(=O)N2CCN(C3CCCC3O)CC2)ccc1=O. The van der Waals surface area contributed by atoms with Crippen molar-refractivity contribution >= 4 is 5.91 Å². The van der Waals surface area contributed by atoms with Crippen LogP contribution in [0.25, 0.3) is 0 Å². The molecule has 1 N–H and O–H groups in total. The number of nitrogens with zero attached hydrogens (tertiary/aromatic N) is 4. The molecular formula is C18H28N4O3. The first kappa shape index (κ1) is 18.1. The van der Waals surface area contributed by atoms with Crippen molar-refractivity contribution < 1.29 is 9.90 Å². The molecular weight excluding hydrogens is 320 g/mol. The first-order chi connectivity index (χ1) is 12.1. The Morgan fingerprint density at radius 2 is 2.00 bits per heavy atom. The van der Waals surface area contributed by atoms with Gasteiger partial charge >= 0.3 is 0 Å². The minimum Gasteiger partial charge on any atom is -0.391 e. The molecule has 2 fully saturated rings. The Bertz CT molecular complexity index is 652. The zero-order valence-electron chi connectivity index (χ0n) is 14.9. The van der Waals surface area contributed by atoms with E-state index in [4.69, 9.17) is 0 Å². The van der Waals surface area contributed by atoms with E-state index in [1.807, 2.05) is 0 Å². The molecule has 1 saturated heterocycles. The number of aliphatic hydroxyl groups is 1. The molecule has 0 radical (unpaired) electrons. The van der Waals surface area contributed by atoms with Crippen molar-refractivity contribution in [2.75, 3.05) is 26.2 Å². The molecule has 1 aromatic rings. The van der Waals surface area contributed by atoms with Gasteiger partial charge in [-0.3, -0.25) is 14.5 Å². The molecule has 25 heavy (non-hydrogen) atoms. The summed E-state index contributed by atoms with van der Waals surface area (Å²) >= 11 is 0. The summed E-state index contributed by atoms with van der Waals surface area (Å²) in [5, 5.41) is 14.3. The quantitative estimate of drug-likeness (QED) is 0.848. The molecule has 0 spiro atoms. The molecule has 1 saturated carbocycles. The molecule has 2 aliphatic rings. The maximum atomic E-state index is 12.7. The molecule has 1 aliphatic carbocycles. The van der Waals surface area contributed by atoms with Crippen LogP contribution >= 0.6 is 0 Å². The van der Waals surface area contributed by atoms with Gasteiger partial charge in [-0.2, -0.15) is 5.10 Å². The summed E-state index contributed by atoms with van der Waals surface area (Å²) in [5.74, 6) is -0.114. The zero-order valence-corrected chi connectivity index (χ0v) is 14.9. The maximum Gasteiger partial charge on any atom is 0.274 e. The van der Waals surface area contributed by atoms with E-state index < -0.39 is 0 Å². The van der Waals surface area contributed by atoms with E-state index in [9.17, 15) is 14.7 Å². The lowest BCUT2D eigenvalue weighted by atomic mass is 10.1. The van der Waals surface area contributed by atoms with Crippen LogP contribution in [0.4, 0.5) is 0 Å². The summed E-state index contributed by atoms with van der Waals surface area (Å²) in [4.78, 5) is 28.7. The molecule has 2 heterocycles. The standard InChI is InChI=1S/C18H28N4O3/c1-2-3-9-22-17(24)8-7-14(19-22)18(25)21-12-10-20(11-13-21)15-5-4-6-16(15)23/h7-8,15-16,23H,2-6,9-13H2,1H3. The van der Waals surface area contributed by atoms with Crippen LogP contribution < -0.4 is 5.56 Å². The second-order valence-corrected chi connectivity index (χ2v) is 7.03. The van der Waals surface area contributed by atoms with Crippen molar-refractivity contribution in [2.45, 2.75) is 57.7 Å². The Balaban J connectivity index is 1.61. The molecule has 138 valence electrons. The first-order valence-electron chi connectivity index (χ1n) is 9.39. The van der Waals surface area contributed by atoms with Crippen LogP contribution in [0.3, 0.4) is 0 Å². The third-order valence-electron chi connectivity index (χ3n) is 5.32. The largest absolute Gasteiger partial charge is 0.391 e. The maximum absolute atomic E-state index is 12.7. The lowest BCUT2D eigenvalue weighted by Gasteiger charge is -2.38. The van der Waals surface area contributed by atoms with Crippen molar-refractivity contribution in [3.63, 3.8) is 0 Å². The molecule has 1 aromatic heterocycles. The molecule has 7 heteroatoms. The normalized spacial score (nSPS) is 24.6. The number of hydrogen-bond donors (Lipinski definition) is 1. The van der Waals surface area contributed by atoms with Crippen LogP contribution in [0.2, 0.25) is 0 Å². The number of rotatable bonds is 5. The number of hydrogen-bond acceptors (Lipinski definition) is 5. The zero-order chi connectivity index (χ0) is 17.8. The number of unbranched alkanes of at least 4 members (excludes halogenated alkanes) is 1. The summed E-state index contributed by atoms with van der Waals surface area (Å²) in [6.45, 7) is 5.44. The highest BCUT2D eigenvalue weighted by molar-refractivity contribution is 5.92. The van der Waals surface area contributed by atoms with Gasteiger partial charge in [0, 0.05) is 44.8 Å². The molecule has 1 amide bonds. The molecule has 7 nitrogen and oxygen atoms in total. The van der Waals surface area contributed by atoms with Gasteiger partial charge in [-0.15, -0.1) is 0 Å². The smallest absolute Gasteiger partial charge is 0.274 e. The number of carbonyl (C=O) groups is 1. The molecule has 1 aliphatic heterocycles. The van der Waals surface area contributed by atoms with E-state index in [0.29, 0.717) is 25.3 Å². The summed E-state index contributed by atoms with van der Waals surface area (Å²) in [5.41, 5.74) is 0.176. The third kappa shape index (κ3) is 4.10. The van der Waals surface area contributed by atoms with E-state index in [1.54, 1.807) is 4.90 Å². The number of aromatic nitrogens is 2. The number of carbonyl (C=O) groups excluding carboxylic acids is 1. The highest BCUT2D eigenvalue weighted by Gasteiger charge is 2.33.